The SMILES string of the molecule is O=Cc1ncc(C(F)(F)F)c(C(F)F)c1Br. The third-order valence-electron chi connectivity index (χ3n) is 1.72. The van der Waals surface area contributed by atoms with Crippen molar-refractivity contribution in [2.45, 2.75) is 12.6 Å². The number of pyridine rings is 1. The van der Waals surface area contributed by atoms with E-state index < -0.39 is 33.9 Å². The predicted molar refractivity (Wildman–Crippen MR) is 47.3 cm³/mol. The van der Waals surface area contributed by atoms with Gasteiger partial charge >= 0.3 is 6.18 Å². The van der Waals surface area contributed by atoms with Crippen LogP contribution < -0.4 is 0 Å². The van der Waals surface area contributed by atoms with Crippen LogP contribution in [0.5, 0.6) is 0 Å². The monoisotopic (exact) mass is 303 g/mol. The summed E-state index contributed by atoms with van der Waals surface area (Å²) in [5, 5.41) is 0. The van der Waals surface area contributed by atoms with Gasteiger partial charge in [0.2, 0.25) is 0 Å². The lowest BCUT2D eigenvalue weighted by atomic mass is 10.1. The molecule has 0 atom stereocenters. The van der Waals surface area contributed by atoms with Crippen LogP contribution in [0.1, 0.15) is 28.0 Å². The minimum Gasteiger partial charge on any atom is -0.296 e. The zero-order chi connectivity index (χ0) is 12.5. The van der Waals surface area contributed by atoms with Crippen LogP contribution in [0.3, 0.4) is 0 Å². The lowest BCUT2D eigenvalue weighted by Gasteiger charge is -2.13. The summed E-state index contributed by atoms with van der Waals surface area (Å²) in [6, 6.07) is 0. The molecule has 0 aliphatic heterocycles. The maximum Gasteiger partial charge on any atom is 0.418 e. The minimum absolute atomic E-state index is 0.0934. The van der Waals surface area contributed by atoms with E-state index in [9.17, 15) is 26.7 Å². The highest BCUT2D eigenvalue weighted by atomic mass is 79.9. The van der Waals surface area contributed by atoms with Crippen molar-refractivity contribution in [2.75, 3.05) is 0 Å². The van der Waals surface area contributed by atoms with E-state index in [1.54, 1.807) is 0 Å². The fourth-order valence-electron chi connectivity index (χ4n) is 1.04. The topological polar surface area (TPSA) is 30.0 Å². The molecule has 0 aliphatic carbocycles. The quantitative estimate of drug-likeness (QED) is 0.617. The van der Waals surface area contributed by atoms with Crippen LogP contribution in [-0.2, 0) is 6.18 Å². The summed E-state index contributed by atoms with van der Waals surface area (Å²) in [7, 11) is 0. The molecule has 0 aliphatic rings. The number of rotatable bonds is 2. The molecule has 0 saturated carbocycles. The van der Waals surface area contributed by atoms with Gasteiger partial charge in [-0.2, -0.15) is 13.2 Å². The fourth-order valence-corrected chi connectivity index (χ4v) is 1.62. The summed E-state index contributed by atoms with van der Waals surface area (Å²) in [6.07, 6.45) is -7.98. The Labute approximate surface area is 94.6 Å². The van der Waals surface area contributed by atoms with Gasteiger partial charge in [-0.05, 0) is 15.9 Å². The Balaban J connectivity index is 3.53. The Morgan fingerprint density at radius 2 is 1.94 bits per heavy atom. The number of aldehydes is 1. The van der Waals surface area contributed by atoms with Crippen molar-refractivity contribution in [1.29, 1.82) is 0 Å². The first kappa shape index (κ1) is 13.0. The van der Waals surface area contributed by atoms with Gasteiger partial charge in [0, 0.05) is 11.8 Å². The molecule has 1 aromatic heterocycles. The van der Waals surface area contributed by atoms with Gasteiger partial charge < -0.3 is 0 Å². The van der Waals surface area contributed by atoms with Gasteiger partial charge in [-0.15, -0.1) is 0 Å². The molecule has 1 heterocycles. The Bertz CT molecular complexity index is 418. The average molecular weight is 304 g/mol. The molecule has 8 heteroatoms. The van der Waals surface area contributed by atoms with Crippen molar-refractivity contribution >= 4 is 22.2 Å². The summed E-state index contributed by atoms with van der Waals surface area (Å²) in [6.45, 7) is 0. The van der Waals surface area contributed by atoms with Gasteiger partial charge in [0.05, 0.1) is 10.0 Å². The maximum absolute atomic E-state index is 12.5. The number of alkyl halides is 5. The second-order valence-corrected chi connectivity index (χ2v) is 3.49. The zero-order valence-electron chi connectivity index (χ0n) is 7.36. The van der Waals surface area contributed by atoms with Crippen LogP contribution in [0.15, 0.2) is 10.7 Å². The Morgan fingerprint density at radius 1 is 1.38 bits per heavy atom. The number of halogens is 6. The highest BCUT2D eigenvalue weighted by Gasteiger charge is 2.38. The van der Waals surface area contributed by atoms with E-state index in [4.69, 9.17) is 0 Å². The third kappa shape index (κ3) is 2.37. The van der Waals surface area contributed by atoms with Crippen molar-refractivity contribution in [3.05, 3.63) is 27.5 Å². The molecule has 1 rings (SSSR count). The molecule has 1 aromatic rings. The van der Waals surface area contributed by atoms with Crippen molar-refractivity contribution < 1.29 is 26.7 Å². The lowest BCUT2D eigenvalue weighted by molar-refractivity contribution is -0.139. The van der Waals surface area contributed by atoms with Gasteiger partial charge in [0.15, 0.2) is 6.29 Å². The second-order valence-electron chi connectivity index (χ2n) is 2.70. The Kier molecular flexibility index (Phi) is 3.61. The predicted octanol–water partition coefficient (Wildman–Crippen LogP) is 3.61. The van der Waals surface area contributed by atoms with Crippen LogP contribution in [0.25, 0.3) is 0 Å². The number of hydrogen-bond acceptors (Lipinski definition) is 2. The molecule has 2 nitrogen and oxygen atoms in total. The molecule has 0 saturated heterocycles. The molecule has 0 spiro atoms. The fraction of sp³-hybridized carbons (Fsp3) is 0.250. The summed E-state index contributed by atoms with van der Waals surface area (Å²) >= 11 is 2.51. The minimum atomic E-state index is -4.94. The number of hydrogen-bond donors (Lipinski definition) is 0. The van der Waals surface area contributed by atoms with E-state index in [1.807, 2.05) is 0 Å². The Morgan fingerprint density at radius 3 is 2.31 bits per heavy atom. The van der Waals surface area contributed by atoms with Crippen LogP contribution >= 0.6 is 15.9 Å². The molecule has 0 bridgehead atoms. The maximum atomic E-state index is 12.5. The van der Waals surface area contributed by atoms with Crippen LogP contribution in [0.4, 0.5) is 22.0 Å². The Hall–Kier alpha value is -1.05. The standard InChI is InChI=1S/C8H3BrF5NO/c9-6-4(2-16)15-1-3(8(12,13)14)5(6)7(10)11/h1-2,7H. The number of carbonyl (C=O) groups excluding carboxylic acids is 1. The van der Waals surface area contributed by atoms with Crippen LogP contribution in [-0.4, -0.2) is 11.3 Å². The number of carbonyl (C=O) groups is 1. The van der Waals surface area contributed by atoms with Gasteiger partial charge in [-0.25, -0.2) is 8.78 Å². The van der Waals surface area contributed by atoms with Crippen LogP contribution in [0.2, 0.25) is 0 Å². The van der Waals surface area contributed by atoms with E-state index in [-0.39, 0.29) is 12.5 Å². The van der Waals surface area contributed by atoms with E-state index >= 15 is 0 Å². The van der Waals surface area contributed by atoms with Crippen molar-refractivity contribution in [3.63, 3.8) is 0 Å². The van der Waals surface area contributed by atoms with Gasteiger partial charge in [0.1, 0.15) is 5.69 Å². The summed E-state index contributed by atoms with van der Waals surface area (Å²) < 4.78 is 61.3. The van der Waals surface area contributed by atoms with Gasteiger partial charge in [-0.3, -0.25) is 9.78 Å². The third-order valence-corrected chi connectivity index (χ3v) is 2.55. The van der Waals surface area contributed by atoms with Crippen molar-refractivity contribution in [2.24, 2.45) is 0 Å². The van der Waals surface area contributed by atoms with E-state index in [0.29, 0.717) is 0 Å². The normalized spacial score (nSPS) is 11.9. The first-order chi connectivity index (χ1) is 7.29. The summed E-state index contributed by atoms with van der Waals surface area (Å²) in [5.74, 6) is 0. The summed E-state index contributed by atoms with van der Waals surface area (Å²) in [5.41, 5.74) is -3.33. The molecule has 0 aromatic carbocycles. The lowest BCUT2D eigenvalue weighted by Crippen LogP contribution is -2.12. The largest absolute Gasteiger partial charge is 0.418 e. The molecule has 0 unspecified atom stereocenters. The van der Waals surface area contributed by atoms with Crippen LogP contribution in [0, 0.1) is 0 Å². The van der Waals surface area contributed by atoms with E-state index in [1.165, 1.54) is 0 Å². The molecule has 0 radical (unpaired) electrons. The van der Waals surface area contributed by atoms with E-state index in [2.05, 4.69) is 20.9 Å². The first-order valence-electron chi connectivity index (χ1n) is 3.78. The number of aromatic nitrogens is 1. The highest BCUT2D eigenvalue weighted by molar-refractivity contribution is 9.10. The first-order valence-corrected chi connectivity index (χ1v) is 4.57. The average Bonchev–Trinajstić information content (AvgIpc) is 2.15. The zero-order valence-corrected chi connectivity index (χ0v) is 8.94. The van der Waals surface area contributed by atoms with Gasteiger partial charge in [0.25, 0.3) is 6.43 Å². The molecular formula is C8H3BrF5NO. The summed E-state index contributed by atoms with van der Waals surface area (Å²) in [4.78, 5) is 13.5. The van der Waals surface area contributed by atoms with Crippen molar-refractivity contribution in [1.82, 2.24) is 4.98 Å². The highest BCUT2D eigenvalue weighted by Crippen LogP contribution is 2.40. The molecule has 0 fully saturated rings. The van der Waals surface area contributed by atoms with Gasteiger partial charge in [-0.1, -0.05) is 0 Å². The molecule has 88 valence electrons. The van der Waals surface area contributed by atoms with Crippen molar-refractivity contribution in [3.8, 4) is 0 Å². The number of nitrogens with zero attached hydrogens (tertiary/aromatic N) is 1. The molecular weight excluding hydrogens is 301 g/mol. The van der Waals surface area contributed by atoms with E-state index in [0.717, 1.165) is 0 Å². The molecule has 0 N–H and O–H groups in total. The molecule has 16 heavy (non-hydrogen) atoms. The molecule has 0 amide bonds. The second kappa shape index (κ2) is 4.44. The smallest absolute Gasteiger partial charge is 0.296 e.